The molecule has 7 nitrogen and oxygen atoms in total. The fourth-order valence-corrected chi connectivity index (χ4v) is 4.29. The highest BCUT2D eigenvalue weighted by atomic mass is 16.5. The number of nitrogens with one attached hydrogen (secondary N) is 2. The average Bonchev–Trinajstić information content (AvgIpc) is 3.03. The molecule has 0 saturated heterocycles. The Bertz CT molecular complexity index is 1200. The molecule has 7 heteroatoms. The van der Waals surface area contributed by atoms with Crippen LogP contribution in [0.15, 0.2) is 97.1 Å². The first-order valence-electron chi connectivity index (χ1n) is 14.2. The predicted molar refractivity (Wildman–Crippen MR) is 164 cm³/mol. The minimum atomic E-state index is 0.536. The molecule has 0 aliphatic carbocycles. The van der Waals surface area contributed by atoms with Crippen LogP contribution in [0.5, 0.6) is 11.5 Å². The molecule has 0 spiro atoms. The third kappa shape index (κ3) is 11.0. The van der Waals surface area contributed by atoms with Crippen molar-refractivity contribution in [3.8, 4) is 11.5 Å². The summed E-state index contributed by atoms with van der Waals surface area (Å²) in [6, 6.07) is 32.7. The lowest BCUT2D eigenvalue weighted by atomic mass is 10.1. The van der Waals surface area contributed by atoms with Crippen LogP contribution in [0.2, 0.25) is 0 Å². The molecule has 0 bridgehead atoms. The highest BCUT2D eigenvalue weighted by molar-refractivity contribution is 5.30. The van der Waals surface area contributed by atoms with Crippen molar-refractivity contribution in [2.24, 2.45) is 11.5 Å². The van der Waals surface area contributed by atoms with Crippen molar-refractivity contribution in [2.45, 2.75) is 39.4 Å². The maximum atomic E-state index is 5.91. The van der Waals surface area contributed by atoms with Crippen LogP contribution in [-0.2, 0) is 44.1 Å². The van der Waals surface area contributed by atoms with Gasteiger partial charge in [0.1, 0.15) is 24.7 Å². The van der Waals surface area contributed by atoms with Crippen molar-refractivity contribution in [3.05, 3.63) is 130 Å². The lowest BCUT2D eigenvalue weighted by molar-refractivity contribution is 0.137. The minimum absolute atomic E-state index is 0.536. The van der Waals surface area contributed by atoms with Crippen molar-refractivity contribution in [1.29, 1.82) is 0 Å². The molecule has 4 rings (SSSR count). The monoisotopic (exact) mass is 554 g/mol. The summed E-state index contributed by atoms with van der Waals surface area (Å²) in [7, 11) is 0. The number of rotatable bonds is 18. The van der Waals surface area contributed by atoms with Crippen LogP contribution >= 0.6 is 0 Å². The van der Waals surface area contributed by atoms with Crippen LogP contribution in [0.4, 0.5) is 0 Å². The van der Waals surface area contributed by atoms with Crippen LogP contribution in [0, 0.1) is 0 Å². The fraction of sp³-hybridized carbons (Fsp3) is 0.294. The van der Waals surface area contributed by atoms with E-state index in [4.69, 9.17) is 25.7 Å². The Balaban J connectivity index is 1.04. The topological polar surface area (TPSA) is 104 Å². The van der Waals surface area contributed by atoms with E-state index < -0.39 is 0 Å². The summed E-state index contributed by atoms with van der Waals surface area (Å²) in [5.41, 5.74) is 18.2. The normalized spacial score (nSPS) is 11.0. The summed E-state index contributed by atoms with van der Waals surface area (Å²) in [5.74, 6) is 1.70. The first kappa shape index (κ1) is 30.2. The summed E-state index contributed by atoms with van der Waals surface area (Å²) in [5, 5.41) is 6.90. The summed E-state index contributed by atoms with van der Waals surface area (Å²) in [6.07, 6.45) is 0. The van der Waals surface area contributed by atoms with Gasteiger partial charge in [-0.05, 0) is 57.6 Å². The van der Waals surface area contributed by atoms with E-state index in [0.29, 0.717) is 39.5 Å². The van der Waals surface area contributed by atoms with Gasteiger partial charge >= 0.3 is 0 Å². The van der Waals surface area contributed by atoms with Crippen molar-refractivity contribution < 1.29 is 14.2 Å². The maximum absolute atomic E-state index is 5.91. The van der Waals surface area contributed by atoms with Crippen LogP contribution in [0.1, 0.15) is 33.4 Å². The number of benzene rings is 4. The van der Waals surface area contributed by atoms with Gasteiger partial charge in [0.15, 0.2) is 0 Å². The van der Waals surface area contributed by atoms with Crippen LogP contribution < -0.4 is 31.6 Å². The van der Waals surface area contributed by atoms with Gasteiger partial charge in [-0.25, -0.2) is 0 Å². The first-order valence-corrected chi connectivity index (χ1v) is 14.2. The smallest absolute Gasteiger partial charge is 0.119 e. The van der Waals surface area contributed by atoms with E-state index in [1.54, 1.807) is 0 Å². The minimum Gasteiger partial charge on any atom is -0.489 e. The second-order valence-electron chi connectivity index (χ2n) is 9.88. The largest absolute Gasteiger partial charge is 0.489 e. The van der Waals surface area contributed by atoms with Gasteiger partial charge in [-0.1, -0.05) is 72.8 Å². The van der Waals surface area contributed by atoms with Gasteiger partial charge in [-0.3, -0.25) is 0 Å². The van der Waals surface area contributed by atoms with Crippen LogP contribution in [0.3, 0.4) is 0 Å². The third-order valence-corrected chi connectivity index (χ3v) is 6.62. The molecule has 0 amide bonds. The zero-order valence-corrected chi connectivity index (χ0v) is 23.7. The van der Waals surface area contributed by atoms with Crippen LogP contribution in [0.25, 0.3) is 0 Å². The van der Waals surface area contributed by atoms with Gasteiger partial charge < -0.3 is 36.3 Å². The molecule has 0 fully saturated rings. The molecular formula is C34H42N4O3. The highest BCUT2D eigenvalue weighted by Crippen LogP contribution is 2.16. The summed E-state index contributed by atoms with van der Waals surface area (Å²) >= 11 is 0. The van der Waals surface area contributed by atoms with Gasteiger partial charge in [-0.15, -0.1) is 0 Å². The molecule has 4 aromatic carbocycles. The standard InChI is InChI=1S/C34H42N4O3/c35-21-27-7-11-33(12-8-27)40-25-31-5-1-3-29(19-31)23-37-15-17-39-18-16-38-24-30-4-2-6-32(20-30)26-41-34-13-9-28(22-36)10-14-34/h1-14,19-20,37-38H,15-18,21-26,35-36H2. The average molecular weight is 555 g/mol. The highest BCUT2D eigenvalue weighted by Gasteiger charge is 2.01. The number of hydrogen-bond donors (Lipinski definition) is 4. The van der Waals surface area contributed by atoms with Crippen molar-refractivity contribution in [1.82, 2.24) is 10.6 Å². The van der Waals surface area contributed by atoms with Crippen molar-refractivity contribution in [3.63, 3.8) is 0 Å². The number of hydrogen-bond acceptors (Lipinski definition) is 7. The Morgan fingerprint density at radius 2 is 0.902 bits per heavy atom. The molecular weight excluding hydrogens is 512 g/mol. The summed E-state index contributed by atoms with van der Waals surface area (Å²) < 4.78 is 17.6. The molecule has 0 aliphatic heterocycles. The first-order chi connectivity index (χ1) is 20.2. The number of ether oxygens (including phenoxy) is 3. The van der Waals surface area contributed by atoms with E-state index >= 15 is 0 Å². The van der Waals surface area contributed by atoms with Crippen LogP contribution in [-0.4, -0.2) is 26.3 Å². The second-order valence-corrected chi connectivity index (χ2v) is 9.88. The second kappa shape index (κ2) is 17.2. The van der Waals surface area contributed by atoms with Gasteiger partial charge in [0.05, 0.1) is 13.2 Å². The molecule has 6 N–H and O–H groups in total. The Morgan fingerprint density at radius 3 is 1.32 bits per heavy atom. The Kier molecular flexibility index (Phi) is 12.7. The molecule has 216 valence electrons. The lowest BCUT2D eigenvalue weighted by Crippen LogP contribution is -2.23. The Morgan fingerprint density at radius 1 is 0.488 bits per heavy atom. The molecule has 0 unspecified atom stereocenters. The SMILES string of the molecule is NCc1ccc(OCc2cccc(CNCCOCCNCc3cccc(COc4ccc(CN)cc4)c3)c2)cc1. The van der Waals surface area contributed by atoms with Gasteiger partial charge in [0, 0.05) is 39.3 Å². The molecule has 0 aliphatic rings. The van der Waals surface area contributed by atoms with E-state index in [9.17, 15) is 0 Å². The predicted octanol–water partition coefficient (Wildman–Crippen LogP) is 4.66. The summed E-state index contributed by atoms with van der Waals surface area (Å²) in [4.78, 5) is 0. The zero-order chi connectivity index (χ0) is 28.5. The van der Waals surface area contributed by atoms with Gasteiger partial charge in [0.25, 0.3) is 0 Å². The number of nitrogens with two attached hydrogens (primary N) is 2. The van der Waals surface area contributed by atoms with E-state index in [2.05, 4.69) is 59.2 Å². The molecule has 4 aromatic rings. The van der Waals surface area contributed by atoms with Gasteiger partial charge in [0.2, 0.25) is 0 Å². The van der Waals surface area contributed by atoms with Crippen molar-refractivity contribution in [2.75, 3.05) is 26.3 Å². The molecule has 0 atom stereocenters. The van der Waals surface area contributed by atoms with E-state index in [1.807, 2.05) is 48.5 Å². The fourth-order valence-electron chi connectivity index (χ4n) is 4.29. The lowest BCUT2D eigenvalue weighted by Gasteiger charge is -2.10. The summed E-state index contributed by atoms with van der Waals surface area (Å²) in [6.45, 7) is 6.66. The molecule has 0 heterocycles. The van der Waals surface area contributed by atoms with E-state index in [1.165, 1.54) is 11.1 Å². The molecule has 0 radical (unpaired) electrons. The quantitative estimate of drug-likeness (QED) is 0.133. The Labute approximate surface area is 243 Å². The molecule has 0 aromatic heterocycles. The Hall–Kier alpha value is -3.72. The maximum Gasteiger partial charge on any atom is 0.119 e. The van der Waals surface area contributed by atoms with E-state index in [-0.39, 0.29) is 0 Å². The third-order valence-electron chi connectivity index (χ3n) is 6.62. The molecule has 41 heavy (non-hydrogen) atoms. The zero-order valence-electron chi connectivity index (χ0n) is 23.7. The van der Waals surface area contributed by atoms with Gasteiger partial charge in [-0.2, -0.15) is 0 Å². The molecule has 0 saturated carbocycles. The van der Waals surface area contributed by atoms with E-state index in [0.717, 1.165) is 59.9 Å². The van der Waals surface area contributed by atoms with Crippen molar-refractivity contribution >= 4 is 0 Å².